The Morgan fingerprint density at radius 2 is 1.52 bits per heavy atom. The van der Waals surface area contributed by atoms with E-state index in [2.05, 4.69) is 20.4 Å². The monoisotopic (exact) mass is 405 g/mol. The number of nitrogens with two attached hydrogens (primary N) is 1. The van der Waals surface area contributed by atoms with Crippen LogP contribution in [0.5, 0.6) is 0 Å². The van der Waals surface area contributed by atoms with E-state index in [-0.39, 0.29) is 36.1 Å². The number of carbonyl (C=O) groups is 2. The minimum atomic E-state index is -0.614. The van der Waals surface area contributed by atoms with Gasteiger partial charge >= 0.3 is 11.9 Å². The second-order valence-corrected chi connectivity index (χ2v) is 9.68. The average Bonchev–Trinajstić information content (AvgIpc) is 3.40. The largest absolute Gasteiger partial charge is 0.436 e. The lowest BCUT2D eigenvalue weighted by Gasteiger charge is -2.45. The lowest BCUT2D eigenvalue weighted by molar-refractivity contribution is -0.188. The van der Waals surface area contributed by atoms with E-state index < -0.39 is 18.1 Å². The number of ether oxygens (including phenoxy) is 3. The molecule has 2 N–H and O–H groups in total. The Morgan fingerprint density at radius 1 is 1.00 bits per heavy atom. The van der Waals surface area contributed by atoms with Gasteiger partial charge < -0.3 is 19.9 Å². The van der Waals surface area contributed by atoms with Crippen molar-refractivity contribution in [2.24, 2.45) is 64.9 Å². The molecule has 6 nitrogen and oxygen atoms in total. The van der Waals surface area contributed by atoms with E-state index in [4.69, 9.17) is 19.9 Å². The number of esters is 2. The molecule has 6 heteroatoms. The van der Waals surface area contributed by atoms with Crippen molar-refractivity contribution in [2.75, 3.05) is 13.2 Å². The molecule has 4 fully saturated rings. The fourth-order valence-electron chi connectivity index (χ4n) is 7.65. The van der Waals surface area contributed by atoms with Gasteiger partial charge in [-0.25, -0.2) is 0 Å². The summed E-state index contributed by atoms with van der Waals surface area (Å²) in [6, 6.07) is 0. The minimum absolute atomic E-state index is 0.0916. The van der Waals surface area contributed by atoms with Crippen LogP contribution < -0.4 is 5.73 Å². The van der Waals surface area contributed by atoms with E-state index in [1.54, 1.807) is 6.92 Å². The van der Waals surface area contributed by atoms with E-state index >= 15 is 0 Å². The van der Waals surface area contributed by atoms with E-state index in [1.807, 2.05) is 6.92 Å². The molecule has 0 heterocycles. The summed E-state index contributed by atoms with van der Waals surface area (Å²) in [6.07, 6.45) is 1.54. The normalized spacial score (nSPS) is 45.1. The van der Waals surface area contributed by atoms with Gasteiger partial charge in [0.2, 0.25) is 0 Å². The highest BCUT2D eigenvalue weighted by atomic mass is 16.7. The maximum atomic E-state index is 13.2. The van der Waals surface area contributed by atoms with Crippen molar-refractivity contribution in [1.29, 1.82) is 0 Å². The van der Waals surface area contributed by atoms with Crippen LogP contribution in [0.4, 0.5) is 0 Å². The molecular formula is C23H35NO5. The number of hydrogen-bond acceptors (Lipinski definition) is 6. The highest BCUT2D eigenvalue weighted by Gasteiger charge is 2.71. The first-order valence-electron chi connectivity index (χ1n) is 11.2. The first-order chi connectivity index (χ1) is 13.8. The first-order valence-corrected chi connectivity index (χ1v) is 11.2. The van der Waals surface area contributed by atoms with Crippen LogP contribution in [0.25, 0.3) is 0 Å². The Bertz CT molecular complexity index is 693. The summed E-state index contributed by atoms with van der Waals surface area (Å²) >= 11 is 0. The van der Waals surface area contributed by atoms with Gasteiger partial charge in [0.1, 0.15) is 5.76 Å². The van der Waals surface area contributed by atoms with Crippen LogP contribution >= 0.6 is 0 Å². The van der Waals surface area contributed by atoms with Gasteiger partial charge in [-0.2, -0.15) is 0 Å². The van der Waals surface area contributed by atoms with E-state index in [0.717, 1.165) is 6.42 Å². The van der Waals surface area contributed by atoms with Crippen LogP contribution in [0, 0.1) is 59.2 Å². The van der Waals surface area contributed by atoms with E-state index in [9.17, 15) is 9.59 Å². The minimum Gasteiger partial charge on any atom is -0.436 e. The first kappa shape index (κ1) is 20.9. The molecule has 0 spiro atoms. The Kier molecular flexibility index (Phi) is 5.53. The van der Waals surface area contributed by atoms with Crippen molar-refractivity contribution in [3.05, 3.63) is 12.3 Å². The molecule has 4 bridgehead atoms. The van der Waals surface area contributed by atoms with Crippen LogP contribution in [0.1, 0.15) is 40.5 Å². The number of carbonyl (C=O) groups excluding carboxylic acids is 2. The zero-order chi connectivity index (χ0) is 21.0. The van der Waals surface area contributed by atoms with Crippen molar-refractivity contribution in [1.82, 2.24) is 0 Å². The molecule has 0 aromatic heterocycles. The third-order valence-electron chi connectivity index (χ3n) is 8.70. The van der Waals surface area contributed by atoms with E-state index in [0.29, 0.717) is 42.1 Å². The third-order valence-corrected chi connectivity index (χ3v) is 8.70. The molecule has 0 radical (unpaired) electrons. The fraction of sp³-hybridized carbons (Fsp3) is 0.826. The second kappa shape index (κ2) is 7.69. The van der Waals surface area contributed by atoms with Crippen molar-refractivity contribution in [3.63, 3.8) is 0 Å². The van der Waals surface area contributed by atoms with Gasteiger partial charge in [-0.15, -0.1) is 0 Å². The zero-order valence-electron chi connectivity index (χ0n) is 18.0. The van der Waals surface area contributed by atoms with Gasteiger partial charge in [-0.1, -0.05) is 20.4 Å². The summed E-state index contributed by atoms with van der Waals surface area (Å²) in [5.41, 5.74) is 5.57. The highest BCUT2D eigenvalue weighted by molar-refractivity contribution is 5.84. The van der Waals surface area contributed by atoms with Crippen molar-refractivity contribution < 1.29 is 23.8 Å². The quantitative estimate of drug-likeness (QED) is 0.303. The highest BCUT2D eigenvalue weighted by Crippen LogP contribution is 2.72. The molecule has 4 rings (SSSR count). The average molecular weight is 406 g/mol. The molecule has 0 aromatic carbocycles. The van der Waals surface area contributed by atoms with Crippen molar-refractivity contribution in [3.8, 4) is 0 Å². The Labute approximate surface area is 173 Å². The smallest absolute Gasteiger partial charge is 0.315 e. The summed E-state index contributed by atoms with van der Waals surface area (Å²) in [7, 11) is 0. The number of hydrogen-bond donors (Lipinski definition) is 1. The molecule has 29 heavy (non-hydrogen) atoms. The van der Waals surface area contributed by atoms with Gasteiger partial charge in [0.05, 0.1) is 18.4 Å². The SMILES string of the molecule is C=C(CN)OC(=O)C1C2CC(C1C(=O)OC(C)OCC)C1C3CC(C(C)C3C)C21. The lowest BCUT2D eigenvalue weighted by atomic mass is 9.59. The Hall–Kier alpha value is -1.40. The summed E-state index contributed by atoms with van der Waals surface area (Å²) in [5, 5.41) is 0. The number of rotatable bonds is 7. The fourth-order valence-corrected chi connectivity index (χ4v) is 7.65. The van der Waals surface area contributed by atoms with Crippen LogP contribution in [0.3, 0.4) is 0 Å². The third kappa shape index (κ3) is 3.14. The second-order valence-electron chi connectivity index (χ2n) is 9.68. The maximum Gasteiger partial charge on any atom is 0.315 e. The van der Waals surface area contributed by atoms with Crippen LogP contribution in [-0.4, -0.2) is 31.4 Å². The molecule has 0 saturated heterocycles. The predicted octanol–water partition coefficient (Wildman–Crippen LogP) is 2.96. The van der Waals surface area contributed by atoms with Gasteiger partial charge in [-0.3, -0.25) is 9.59 Å². The molecule has 4 aliphatic rings. The van der Waals surface area contributed by atoms with Gasteiger partial charge in [0.25, 0.3) is 0 Å². The van der Waals surface area contributed by atoms with Crippen molar-refractivity contribution >= 4 is 11.9 Å². The standard InChI is InChI=1S/C23H35NO5/c1-6-27-13(5)29-23(26)21-17-8-16(20(21)22(25)28-10(2)9-24)18-14-7-15(19(17)18)12(4)11(14)3/h11-21H,2,6-9,24H2,1,3-5H3. The van der Waals surface area contributed by atoms with Crippen LogP contribution in [0.15, 0.2) is 12.3 Å². The van der Waals surface area contributed by atoms with Crippen molar-refractivity contribution in [2.45, 2.75) is 46.8 Å². The molecule has 11 unspecified atom stereocenters. The summed E-state index contributed by atoms with van der Waals surface area (Å²) in [5.74, 6) is 2.76. The Balaban J connectivity index is 1.61. The molecule has 0 amide bonds. The molecule has 0 aliphatic heterocycles. The molecule has 0 aromatic rings. The molecular weight excluding hydrogens is 370 g/mol. The van der Waals surface area contributed by atoms with Crippen LogP contribution in [-0.2, 0) is 23.8 Å². The maximum absolute atomic E-state index is 13.2. The molecule has 4 saturated carbocycles. The van der Waals surface area contributed by atoms with Gasteiger partial charge in [-0.05, 0) is 74.0 Å². The lowest BCUT2D eigenvalue weighted by Crippen LogP contribution is -2.48. The van der Waals surface area contributed by atoms with E-state index in [1.165, 1.54) is 6.42 Å². The van der Waals surface area contributed by atoms with Gasteiger partial charge in [0.15, 0.2) is 6.29 Å². The molecule has 4 aliphatic carbocycles. The van der Waals surface area contributed by atoms with Crippen LogP contribution in [0.2, 0.25) is 0 Å². The topological polar surface area (TPSA) is 87.9 Å². The molecule has 11 atom stereocenters. The summed E-state index contributed by atoms with van der Waals surface area (Å²) in [6.45, 7) is 12.6. The summed E-state index contributed by atoms with van der Waals surface area (Å²) < 4.78 is 16.5. The predicted molar refractivity (Wildman–Crippen MR) is 107 cm³/mol. The number of fused-ring (bicyclic) bond motifs is 9. The molecule has 162 valence electrons. The van der Waals surface area contributed by atoms with Gasteiger partial charge in [0, 0.05) is 6.61 Å². The zero-order valence-corrected chi connectivity index (χ0v) is 18.0. The Morgan fingerprint density at radius 3 is 2.03 bits per heavy atom. The summed E-state index contributed by atoms with van der Waals surface area (Å²) in [4.78, 5) is 26.3.